The lowest BCUT2D eigenvalue weighted by atomic mass is 9.96. The smallest absolute Gasteiger partial charge is 0.0999 e. The van der Waals surface area contributed by atoms with Gasteiger partial charge in [0.1, 0.15) is 0 Å². The number of fused-ring (bicyclic) bond motifs is 1. The molecule has 30 heavy (non-hydrogen) atoms. The summed E-state index contributed by atoms with van der Waals surface area (Å²) in [5.74, 6) is 0. The predicted molar refractivity (Wildman–Crippen MR) is 111 cm³/mol. The van der Waals surface area contributed by atoms with Crippen LogP contribution in [0.15, 0.2) is 43.2 Å². The highest BCUT2D eigenvalue weighted by molar-refractivity contribution is 5.78. The summed E-state index contributed by atoms with van der Waals surface area (Å²) in [5, 5.41) is 32.0. The minimum absolute atomic E-state index is 0.224. The molecule has 0 amide bonds. The molecule has 1 aliphatic carbocycles. The van der Waals surface area contributed by atoms with Gasteiger partial charge in [-0.1, -0.05) is 19.3 Å². The third-order valence-electron chi connectivity index (χ3n) is 5.75. The summed E-state index contributed by atoms with van der Waals surface area (Å²) >= 11 is 0. The van der Waals surface area contributed by atoms with Gasteiger partial charge in [-0.2, -0.15) is 15.3 Å². The second-order valence-corrected chi connectivity index (χ2v) is 7.92. The summed E-state index contributed by atoms with van der Waals surface area (Å²) in [7, 11) is 0. The minimum atomic E-state index is -0.847. The van der Waals surface area contributed by atoms with Gasteiger partial charge < -0.3 is 10.2 Å². The Kier molecular flexibility index (Phi) is 5.06. The molecule has 0 unspecified atom stereocenters. The van der Waals surface area contributed by atoms with Crippen molar-refractivity contribution in [2.75, 3.05) is 6.61 Å². The number of aromatic nitrogens is 7. The first-order valence-electron chi connectivity index (χ1n) is 10.4. The van der Waals surface area contributed by atoms with Crippen molar-refractivity contribution < 1.29 is 10.2 Å². The normalized spacial score (nSPS) is 16.3. The lowest BCUT2D eigenvalue weighted by molar-refractivity contribution is 0.0783. The fourth-order valence-electron chi connectivity index (χ4n) is 4.15. The van der Waals surface area contributed by atoms with Crippen molar-refractivity contribution in [3.63, 3.8) is 0 Å². The van der Waals surface area contributed by atoms with E-state index in [1.54, 1.807) is 17.1 Å². The molecule has 0 spiro atoms. The average Bonchev–Trinajstić information content (AvgIpc) is 3.53. The molecule has 1 fully saturated rings. The van der Waals surface area contributed by atoms with Gasteiger partial charge in [0.2, 0.25) is 0 Å². The van der Waals surface area contributed by atoms with Crippen molar-refractivity contribution in [2.45, 2.75) is 50.8 Å². The molecule has 5 rings (SSSR count). The van der Waals surface area contributed by atoms with Crippen LogP contribution in [0.25, 0.3) is 28.0 Å². The maximum Gasteiger partial charge on any atom is 0.0999 e. The van der Waals surface area contributed by atoms with Crippen LogP contribution in [-0.4, -0.2) is 57.1 Å². The number of aliphatic hydroxyl groups excluding tert-OH is 2. The van der Waals surface area contributed by atoms with Crippen LogP contribution in [0.1, 0.15) is 38.1 Å². The van der Waals surface area contributed by atoms with Gasteiger partial charge in [-0.05, 0) is 18.9 Å². The predicted octanol–water partition coefficient (Wildman–Crippen LogP) is 2.31. The number of nitrogens with zero attached hydrogens (tertiary/aromatic N) is 7. The van der Waals surface area contributed by atoms with Gasteiger partial charge >= 0.3 is 0 Å². The van der Waals surface area contributed by atoms with Crippen molar-refractivity contribution in [1.29, 1.82) is 0 Å². The lowest BCUT2D eigenvalue weighted by Gasteiger charge is -2.21. The standard InChI is InChI=1S/C21H25N7O2/c29-14-18(30)12-26-10-15(8-23-26)19-13-28-20(6-7-22-28)21(25-19)16-9-24-27(11-16)17-4-2-1-3-5-17/h6-11,13,17-18,29-30H,1-5,12,14H2/t18-/m0/s1. The van der Waals surface area contributed by atoms with E-state index >= 15 is 0 Å². The molecule has 156 valence electrons. The van der Waals surface area contributed by atoms with Crippen LogP contribution in [0, 0.1) is 0 Å². The molecule has 0 aliphatic heterocycles. The molecule has 1 aliphatic rings. The zero-order valence-electron chi connectivity index (χ0n) is 16.7. The fourth-order valence-corrected chi connectivity index (χ4v) is 4.15. The third-order valence-corrected chi connectivity index (χ3v) is 5.75. The van der Waals surface area contributed by atoms with Crippen LogP contribution in [0.5, 0.6) is 0 Å². The second-order valence-electron chi connectivity index (χ2n) is 7.92. The molecule has 0 radical (unpaired) electrons. The van der Waals surface area contributed by atoms with Crippen LogP contribution in [-0.2, 0) is 6.54 Å². The first kappa shape index (κ1) is 19.0. The minimum Gasteiger partial charge on any atom is -0.394 e. The number of aliphatic hydroxyl groups is 2. The van der Waals surface area contributed by atoms with Gasteiger partial charge in [0, 0.05) is 23.5 Å². The Balaban J connectivity index is 1.50. The van der Waals surface area contributed by atoms with E-state index in [-0.39, 0.29) is 13.2 Å². The summed E-state index contributed by atoms with van der Waals surface area (Å²) in [6, 6.07) is 2.42. The van der Waals surface area contributed by atoms with Gasteiger partial charge in [0.15, 0.2) is 0 Å². The Bertz CT molecular complexity index is 1140. The van der Waals surface area contributed by atoms with E-state index in [1.807, 2.05) is 29.2 Å². The van der Waals surface area contributed by atoms with E-state index in [2.05, 4.69) is 26.2 Å². The summed E-state index contributed by atoms with van der Waals surface area (Å²) < 4.78 is 5.51. The molecule has 4 aromatic heterocycles. The van der Waals surface area contributed by atoms with Crippen LogP contribution >= 0.6 is 0 Å². The molecule has 2 N–H and O–H groups in total. The first-order chi connectivity index (χ1) is 14.7. The highest BCUT2D eigenvalue weighted by Crippen LogP contribution is 2.31. The lowest BCUT2D eigenvalue weighted by Crippen LogP contribution is -2.19. The Morgan fingerprint density at radius 2 is 1.83 bits per heavy atom. The maximum atomic E-state index is 9.66. The third kappa shape index (κ3) is 3.61. The van der Waals surface area contributed by atoms with Crippen LogP contribution in [0.3, 0.4) is 0 Å². The Hall–Kier alpha value is -3.04. The number of rotatable bonds is 6. The zero-order chi connectivity index (χ0) is 20.5. The molecular formula is C21H25N7O2. The SMILES string of the molecule is OC[C@@H](O)Cn1cc(-c2cn3nccc3c(-c3cnn(C4CCCCC4)c3)n2)cn1. The molecule has 1 saturated carbocycles. The van der Waals surface area contributed by atoms with E-state index in [9.17, 15) is 5.11 Å². The van der Waals surface area contributed by atoms with Crippen molar-refractivity contribution in [2.24, 2.45) is 0 Å². The zero-order valence-corrected chi connectivity index (χ0v) is 16.7. The van der Waals surface area contributed by atoms with Crippen LogP contribution < -0.4 is 0 Å². The molecule has 0 saturated heterocycles. The molecule has 4 aromatic rings. The van der Waals surface area contributed by atoms with E-state index in [0.29, 0.717) is 6.04 Å². The van der Waals surface area contributed by atoms with E-state index in [0.717, 1.165) is 28.0 Å². The van der Waals surface area contributed by atoms with Gasteiger partial charge in [-0.25, -0.2) is 9.50 Å². The van der Waals surface area contributed by atoms with Crippen molar-refractivity contribution in [3.8, 4) is 22.5 Å². The molecule has 9 nitrogen and oxygen atoms in total. The molecule has 0 aromatic carbocycles. The molecule has 9 heteroatoms. The summed E-state index contributed by atoms with van der Waals surface area (Å²) in [4.78, 5) is 4.91. The average molecular weight is 407 g/mol. The topological polar surface area (TPSA) is 106 Å². The monoisotopic (exact) mass is 407 g/mol. The van der Waals surface area contributed by atoms with Crippen molar-refractivity contribution in [1.82, 2.24) is 34.2 Å². The highest BCUT2D eigenvalue weighted by Gasteiger charge is 2.18. The van der Waals surface area contributed by atoms with Gasteiger partial charge in [-0.3, -0.25) is 9.36 Å². The molecule has 4 heterocycles. The fraction of sp³-hybridized carbons (Fsp3) is 0.429. The Morgan fingerprint density at radius 3 is 2.67 bits per heavy atom. The van der Waals surface area contributed by atoms with E-state index < -0.39 is 6.10 Å². The van der Waals surface area contributed by atoms with Crippen LogP contribution in [0.4, 0.5) is 0 Å². The highest BCUT2D eigenvalue weighted by atomic mass is 16.3. The molecular weight excluding hydrogens is 382 g/mol. The van der Waals surface area contributed by atoms with Gasteiger partial charge in [0.25, 0.3) is 0 Å². The Labute approximate surface area is 173 Å². The molecule has 0 bridgehead atoms. The molecule has 1 atom stereocenters. The van der Waals surface area contributed by atoms with Gasteiger partial charge in [-0.15, -0.1) is 0 Å². The second kappa shape index (κ2) is 8.00. The number of hydrogen-bond donors (Lipinski definition) is 2. The van der Waals surface area contributed by atoms with Crippen molar-refractivity contribution in [3.05, 3.63) is 43.2 Å². The number of hydrogen-bond acceptors (Lipinski definition) is 6. The summed E-state index contributed by atoms with van der Waals surface area (Å²) in [6.07, 6.45) is 16.5. The van der Waals surface area contributed by atoms with Crippen molar-refractivity contribution >= 4 is 5.52 Å². The first-order valence-corrected chi connectivity index (χ1v) is 10.4. The Morgan fingerprint density at radius 1 is 1.00 bits per heavy atom. The largest absolute Gasteiger partial charge is 0.394 e. The maximum absolute atomic E-state index is 9.66. The quantitative estimate of drug-likeness (QED) is 0.508. The van der Waals surface area contributed by atoms with Gasteiger partial charge in [0.05, 0.1) is 67.0 Å². The summed E-state index contributed by atoms with van der Waals surface area (Å²) in [5.41, 5.74) is 4.27. The van der Waals surface area contributed by atoms with E-state index in [4.69, 9.17) is 10.1 Å². The summed E-state index contributed by atoms with van der Waals surface area (Å²) in [6.45, 7) is -0.0800. The van der Waals surface area contributed by atoms with E-state index in [1.165, 1.54) is 32.1 Å². The van der Waals surface area contributed by atoms with Crippen LogP contribution in [0.2, 0.25) is 0 Å².